The maximum atomic E-state index is 14.4. The molecule has 49 heavy (non-hydrogen) atoms. The lowest BCUT2D eigenvalue weighted by Crippen LogP contribution is -2.54. The lowest BCUT2D eigenvalue weighted by Gasteiger charge is -2.45. The number of aliphatic carboxylic acids is 1. The van der Waals surface area contributed by atoms with E-state index in [1.807, 2.05) is 30.3 Å². The molecule has 1 aliphatic heterocycles. The van der Waals surface area contributed by atoms with Gasteiger partial charge in [0.2, 0.25) is 7.37 Å². The highest BCUT2D eigenvalue weighted by atomic mass is 31.2. The average Bonchev–Trinajstić information content (AvgIpc) is 3.00. The van der Waals surface area contributed by atoms with E-state index in [4.69, 9.17) is 14.0 Å². The molecule has 2 atom stereocenters. The second kappa shape index (κ2) is 15.4. The van der Waals surface area contributed by atoms with Crippen molar-refractivity contribution in [2.75, 3.05) is 32.4 Å². The van der Waals surface area contributed by atoms with Gasteiger partial charge in [0.15, 0.2) is 5.16 Å². The van der Waals surface area contributed by atoms with Crippen molar-refractivity contribution in [3.63, 3.8) is 0 Å². The smallest absolute Gasteiger partial charge is 0.419 e. The molecule has 3 aromatic carbocycles. The molecule has 1 heterocycles. The van der Waals surface area contributed by atoms with Crippen LogP contribution in [0.2, 0.25) is 0 Å². The van der Waals surface area contributed by atoms with Crippen LogP contribution in [0.3, 0.4) is 0 Å². The monoisotopic (exact) mass is 694 g/mol. The summed E-state index contributed by atoms with van der Waals surface area (Å²) in [7, 11) is -3.65. The zero-order valence-electron chi connectivity index (χ0n) is 29.9. The molecule has 1 fully saturated rings. The zero-order valence-corrected chi connectivity index (χ0v) is 30.8. The Morgan fingerprint density at radius 2 is 1.49 bits per heavy atom. The summed E-state index contributed by atoms with van der Waals surface area (Å²) in [4.78, 5) is 42.1. The molecule has 2 amide bonds. The number of carbonyl (C=O) groups excluding carboxylic acids is 2. The number of imide groups is 1. The summed E-state index contributed by atoms with van der Waals surface area (Å²) >= 11 is 0. The number of carboxylic acid groups (broad SMARTS) is 1. The number of amides is 2. The Labute approximate surface area is 290 Å². The third kappa shape index (κ3) is 9.50. The Morgan fingerprint density at radius 3 is 2.10 bits per heavy atom. The zero-order chi connectivity index (χ0) is 36.0. The van der Waals surface area contributed by atoms with Gasteiger partial charge in [0.05, 0.1) is 6.61 Å². The van der Waals surface area contributed by atoms with E-state index < -0.39 is 41.9 Å². The van der Waals surface area contributed by atoms with Crippen molar-refractivity contribution in [2.24, 2.45) is 0 Å². The predicted molar refractivity (Wildman–Crippen MR) is 192 cm³/mol. The number of hydrogen-bond donors (Lipinski definition) is 1. The van der Waals surface area contributed by atoms with Crippen LogP contribution in [-0.2, 0) is 29.9 Å². The summed E-state index contributed by atoms with van der Waals surface area (Å²) in [5.74, 6) is -1.17. The average molecular weight is 695 g/mol. The number of ether oxygens (including phenoxy) is 2. The van der Waals surface area contributed by atoms with Crippen molar-refractivity contribution in [1.82, 2.24) is 9.80 Å². The molecule has 3 aromatic rings. The second-order valence-electron chi connectivity index (χ2n) is 14.7. The number of rotatable bonds is 11. The Balaban J connectivity index is 1.55. The first-order valence-electron chi connectivity index (χ1n) is 17.0. The molecule has 11 heteroatoms. The number of hydrogen-bond acceptors (Lipinski definition) is 8. The van der Waals surface area contributed by atoms with Gasteiger partial charge in [0.25, 0.3) is 0 Å². The quantitative estimate of drug-likeness (QED) is 0.155. The highest BCUT2D eigenvalue weighted by Gasteiger charge is 2.58. The van der Waals surface area contributed by atoms with Crippen LogP contribution in [0.25, 0.3) is 21.9 Å². The van der Waals surface area contributed by atoms with Crippen molar-refractivity contribution < 1.29 is 38.1 Å². The summed E-state index contributed by atoms with van der Waals surface area (Å²) in [6, 6.07) is 22.6. The molecule has 1 N–H and O–H groups in total. The number of fused-ring (bicyclic) bond motifs is 1. The van der Waals surface area contributed by atoms with E-state index in [-0.39, 0.29) is 45.1 Å². The van der Waals surface area contributed by atoms with Gasteiger partial charge < -0.3 is 19.1 Å². The molecule has 2 unspecified atom stereocenters. The molecule has 4 rings (SSSR count). The molecule has 0 radical (unpaired) electrons. The van der Waals surface area contributed by atoms with Crippen molar-refractivity contribution >= 4 is 36.3 Å². The normalized spacial score (nSPS) is 20.1. The third-order valence-corrected chi connectivity index (χ3v) is 11.8. The SMILES string of the molecule is CCOP1(=O)CCN(Cc2ccccc2-c2ccc3ccccc3c2)CC1(CCCCN(C(=O)OC(C)(C)C)C(=O)OC(C)(C)C)C(=O)O. The number of nitrogens with zero attached hydrogens (tertiary/aromatic N) is 2. The fourth-order valence-corrected chi connectivity index (χ4v) is 9.23. The molecule has 0 aliphatic carbocycles. The van der Waals surface area contributed by atoms with E-state index in [1.165, 1.54) is 0 Å². The summed E-state index contributed by atoms with van der Waals surface area (Å²) in [6.07, 6.45) is -1.02. The fraction of sp³-hybridized carbons (Fsp3) is 0.500. The van der Waals surface area contributed by atoms with E-state index in [2.05, 4.69) is 41.3 Å². The van der Waals surface area contributed by atoms with Crippen LogP contribution < -0.4 is 0 Å². The molecule has 1 aliphatic rings. The summed E-state index contributed by atoms with van der Waals surface area (Å²) in [5.41, 5.74) is 1.48. The van der Waals surface area contributed by atoms with Gasteiger partial charge in [-0.05, 0) is 101 Å². The van der Waals surface area contributed by atoms with E-state index in [1.54, 1.807) is 48.5 Å². The Morgan fingerprint density at radius 1 is 0.878 bits per heavy atom. The van der Waals surface area contributed by atoms with Gasteiger partial charge >= 0.3 is 18.2 Å². The van der Waals surface area contributed by atoms with Crippen LogP contribution in [0.5, 0.6) is 0 Å². The molecule has 0 aromatic heterocycles. The first kappa shape index (κ1) is 38.1. The van der Waals surface area contributed by atoms with Gasteiger partial charge in [-0.15, -0.1) is 0 Å². The molecule has 0 bridgehead atoms. The number of benzene rings is 3. The fourth-order valence-electron chi connectivity index (χ4n) is 6.26. The largest absolute Gasteiger partial charge is 0.480 e. The lowest BCUT2D eigenvalue weighted by molar-refractivity contribution is -0.141. The third-order valence-electron chi connectivity index (χ3n) is 8.51. The van der Waals surface area contributed by atoms with E-state index in [0.717, 1.165) is 32.4 Å². The van der Waals surface area contributed by atoms with Crippen molar-refractivity contribution in [3.05, 3.63) is 72.3 Å². The van der Waals surface area contributed by atoms with Crippen molar-refractivity contribution in [1.29, 1.82) is 0 Å². The summed E-state index contributed by atoms with van der Waals surface area (Å²) in [6.45, 7) is 12.9. The molecule has 0 saturated carbocycles. The molecule has 1 saturated heterocycles. The second-order valence-corrected chi connectivity index (χ2v) is 17.6. The lowest BCUT2D eigenvalue weighted by atomic mass is 9.96. The van der Waals surface area contributed by atoms with Gasteiger partial charge in [-0.25, -0.2) is 14.5 Å². The first-order valence-corrected chi connectivity index (χ1v) is 18.8. The Hall–Kier alpha value is -3.72. The molecular formula is C38H51N2O8P. The topological polar surface area (TPSA) is 123 Å². The molecule has 0 spiro atoms. The van der Waals surface area contributed by atoms with Gasteiger partial charge in [-0.3, -0.25) is 14.3 Å². The highest BCUT2D eigenvalue weighted by Crippen LogP contribution is 2.63. The van der Waals surface area contributed by atoms with Crippen LogP contribution in [-0.4, -0.2) is 81.8 Å². The van der Waals surface area contributed by atoms with Crippen LogP contribution in [0, 0.1) is 0 Å². The minimum atomic E-state index is -3.65. The van der Waals surface area contributed by atoms with Crippen LogP contribution in [0.1, 0.15) is 73.3 Å². The van der Waals surface area contributed by atoms with E-state index in [9.17, 15) is 24.1 Å². The number of carbonyl (C=O) groups is 3. The van der Waals surface area contributed by atoms with Crippen LogP contribution in [0.4, 0.5) is 9.59 Å². The number of unbranched alkanes of at least 4 members (excludes halogenated alkanes) is 1. The molecular weight excluding hydrogens is 643 g/mol. The molecule has 10 nitrogen and oxygen atoms in total. The maximum absolute atomic E-state index is 14.4. The van der Waals surface area contributed by atoms with E-state index >= 15 is 0 Å². The van der Waals surface area contributed by atoms with Crippen molar-refractivity contribution in [2.45, 2.75) is 90.6 Å². The predicted octanol–water partition coefficient (Wildman–Crippen LogP) is 8.80. The summed E-state index contributed by atoms with van der Waals surface area (Å²) in [5, 5.41) is 11.4. The van der Waals surface area contributed by atoms with Gasteiger partial charge in [0, 0.05) is 32.3 Å². The minimum absolute atomic E-state index is 0.0352. The highest BCUT2D eigenvalue weighted by molar-refractivity contribution is 7.62. The maximum Gasteiger partial charge on any atom is 0.419 e. The summed E-state index contributed by atoms with van der Waals surface area (Å²) < 4.78 is 31.2. The Kier molecular flexibility index (Phi) is 12.0. The standard InChI is InChI=1S/C38H51N2O8P/c1-8-46-49(45)24-23-39(26-31-17-11-12-18-32(31)30-20-19-28-15-9-10-16-29(28)25-30)27-38(49,33(41)42)21-13-14-22-40(34(43)47-36(2,3)4)35(44)48-37(5,6)7/h9-12,15-20,25H,8,13-14,21-24,26-27H2,1-7H3,(H,41,42). The van der Waals surface area contributed by atoms with Gasteiger partial charge in [-0.1, -0.05) is 60.7 Å². The molecule has 266 valence electrons. The van der Waals surface area contributed by atoms with Crippen LogP contribution >= 0.6 is 7.37 Å². The van der Waals surface area contributed by atoms with E-state index in [0.29, 0.717) is 13.1 Å². The number of carboxylic acids is 1. The van der Waals surface area contributed by atoms with Crippen LogP contribution in [0.15, 0.2) is 66.7 Å². The van der Waals surface area contributed by atoms with Gasteiger partial charge in [0.1, 0.15) is 11.2 Å². The minimum Gasteiger partial charge on any atom is -0.480 e. The first-order chi connectivity index (χ1) is 23.0. The Bertz CT molecular complexity index is 1670. The van der Waals surface area contributed by atoms with Gasteiger partial charge in [-0.2, -0.15) is 0 Å². The van der Waals surface area contributed by atoms with Crippen molar-refractivity contribution in [3.8, 4) is 11.1 Å².